The minimum absolute atomic E-state index is 0.101. The van der Waals surface area contributed by atoms with E-state index in [1.54, 1.807) is 0 Å². The molecular formula is C12H14F4N2O2. The number of rotatable bonds is 1. The van der Waals surface area contributed by atoms with Crippen LogP contribution in [0.1, 0.15) is 48.5 Å². The van der Waals surface area contributed by atoms with Crippen molar-refractivity contribution < 1.29 is 27.4 Å². The quantitative estimate of drug-likeness (QED) is 0.810. The molecule has 2 aliphatic rings. The molecule has 1 fully saturated rings. The van der Waals surface area contributed by atoms with Crippen molar-refractivity contribution >= 4 is 0 Å². The van der Waals surface area contributed by atoms with E-state index in [0.29, 0.717) is 13.0 Å². The van der Waals surface area contributed by atoms with E-state index in [1.807, 2.05) is 0 Å². The third-order valence-corrected chi connectivity index (χ3v) is 3.77. The maximum Gasteiger partial charge on any atom is 0.435 e. The summed E-state index contributed by atoms with van der Waals surface area (Å²) in [6.45, 7) is 0.447. The molecule has 112 valence electrons. The van der Waals surface area contributed by atoms with Crippen LogP contribution in [-0.4, -0.2) is 27.7 Å². The molecule has 1 aromatic heterocycles. The van der Waals surface area contributed by atoms with Crippen molar-refractivity contribution in [1.82, 2.24) is 9.78 Å². The Hall–Kier alpha value is -1.15. The molecule has 0 radical (unpaired) electrons. The molecule has 0 spiro atoms. The molecule has 3 rings (SSSR count). The van der Waals surface area contributed by atoms with Crippen LogP contribution in [0, 0.1) is 0 Å². The van der Waals surface area contributed by atoms with Crippen LogP contribution in [0.2, 0.25) is 0 Å². The van der Waals surface area contributed by atoms with Gasteiger partial charge in [0.25, 0.3) is 0 Å². The van der Waals surface area contributed by atoms with Gasteiger partial charge in [0.1, 0.15) is 18.5 Å². The summed E-state index contributed by atoms with van der Waals surface area (Å²) >= 11 is 0. The largest absolute Gasteiger partial charge is 0.435 e. The van der Waals surface area contributed by atoms with Crippen molar-refractivity contribution in [3.05, 3.63) is 17.0 Å². The topological polar surface area (TPSA) is 47.3 Å². The minimum atomic E-state index is -4.71. The van der Waals surface area contributed by atoms with E-state index in [-0.39, 0.29) is 12.1 Å². The summed E-state index contributed by atoms with van der Waals surface area (Å²) in [7, 11) is 0. The summed E-state index contributed by atoms with van der Waals surface area (Å²) in [5.74, 6) is 0. The van der Waals surface area contributed by atoms with Gasteiger partial charge in [0.05, 0.1) is 5.69 Å². The number of alkyl halides is 4. The number of aromatic nitrogens is 2. The summed E-state index contributed by atoms with van der Waals surface area (Å²) in [6, 6.07) is 0. The number of nitrogens with zero attached hydrogens (tertiary/aromatic N) is 2. The maximum atomic E-state index is 13.6. The van der Waals surface area contributed by atoms with E-state index >= 15 is 0 Å². The standard InChI is InChI=1S/C12H14F4N2O2/c13-6-5-7-9(10(6)19)11(12(14,15)16)17-18(7)8-3-1-2-4-20-8/h6,8,10,19H,1-5H2/t6?,8?,10-/m1/s1. The lowest BCUT2D eigenvalue weighted by Crippen LogP contribution is -2.22. The van der Waals surface area contributed by atoms with Crippen LogP contribution >= 0.6 is 0 Å². The highest BCUT2D eigenvalue weighted by molar-refractivity contribution is 5.37. The Morgan fingerprint density at radius 2 is 2.05 bits per heavy atom. The predicted octanol–water partition coefficient (Wildman–Crippen LogP) is 2.53. The zero-order valence-corrected chi connectivity index (χ0v) is 10.5. The van der Waals surface area contributed by atoms with Crippen LogP contribution in [0.5, 0.6) is 0 Å². The molecule has 2 heterocycles. The summed E-state index contributed by atoms with van der Waals surface area (Å²) in [6.07, 6.45) is -6.86. The van der Waals surface area contributed by atoms with Crippen LogP contribution in [0.25, 0.3) is 0 Å². The molecule has 0 amide bonds. The third-order valence-electron chi connectivity index (χ3n) is 3.77. The second-order valence-electron chi connectivity index (χ2n) is 5.14. The Kier molecular flexibility index (Phi) is 3.24. The van der Waals surface area contributed by atoms with E-state index in [9.17, 15) is 22.7 Å². The molecule has 0 bridgehead atoms. The molecule has 4 nitrogen and oxygen atoms in total. The van der Waals surface area contributed by atoms with E-state index in [4.69, 9.17) is 4.74 Å². The van der Waals surface area contributed by atoms with Gasteiger partial charge in [-0.2, -0.15) is 18.3 Å². The minimum Gasteiger partial charge on any atom is -0.385 e. The molecule has 2 unspecified atom stereocenters. The lowest BCUT2D eigenvalue weighted by Gasteiger charge is -2.24. The molecule has 1 aliphatic heterocycles. The van der Waals surface area contributed by atoms with Gasteiger partial charge in [-0.3, -0.25) is 0 Å². The summed E-state index contributed by atoms with van der Waals surface area (Å²) < 4.78 is 59.0. The molecule has 1 N–H and O–H groups in total. The van der Waals surface area contributed by atoms with Crippen molar-refractivity contribution in [3.63, 3.8) is 0 Å². The Morgan fingerprint density at radius 1 is 1.30 bits per heavy atom. The first-order chi connectivity index (χ1) is 9.39. The van der Waals surface area contributed by atoms with E-state index in [1.165, 1.54) is 0 Å². The Morgan fingerprint density at radius 3 is 2.65 bits per heavy atom. The highest BCUT2D eigenvalue weighted by Crippen LogP contribution is 2.43. The van der Waals surface area contributed by atoms with Gasteiger partial charge >= 0.3 is 6.18 Å². The smallest absolute Gasteiger partial charge is 0.385 e. The van der Waals surface area contributed by atoms with Crippen molar-refractivity contribution in [1.29, 1.82) is 0 Å². The van der Waals surface area contributed by atoms with Crippen LogP contribution < -0.4 is 0 Å². The van der Waals surface area contributed by atoms with E-state index in [0.717, 1.165) is 17.5 Å². The summed E-state index contributed by atoms with van der Waals surface area (Å²) in [5, 5.41) is 13.2. The number of ether oxygens (including phenoxy) is 1. The second kappa shape index (κ2) is 4.70. The van der Waals surface area contributed by atoms with Gasteiger partial charge in [0.2, 0.25) is 0 Å². The Labute approximate surface area is 112 Å². The van der Waals surface area contributed by atoms with Crippen LogP contribution in [0.4, 0.5) is 17.6 Å². The van der Waals surface area contributed by atoms with Crippen molar-refractivity contribution in [3.8, 4) is 0 Å². The van der Waals surface area contributed by atoms with Crippen molar-refractivity contribution in [2.24, 2.45) is 0 Å². The van der Waals surface area contributed by atoms with Crippen molar-refractivity contribution in [2.45, 2.75) is 50.4 Å². The number of aliphatic hydroxyl groups excluding tert-OH is 1. The average Bonchev–Trinajstić information content (AvgIpc) is 2.89. The fraction of sp³-hybridized carbons (Fsp3) is 0.750. The maximum absolute atomic E-state index is 13.6. The Balaban J connectivity index is 2.06. The van der Waals surface area contributed by atoms with Gasteiger partial charge < -0.3 is 9.84 Å². The molecule has 8 heteroatoms. The van der Waals surface area contributed by atoms with Crippen LogP contribution in [0.3, 0.4) is 0 Å². The number of hydrogen-bond donors (Lipinski definition) is 1. The molecule has 1 aromatic rings. The van der Waals surface area contributed by atoms with Crippen molar-refractivity contribution in [2.75, 3.05) is 6.61 Å². The Bertz CT molecular complexity index is 508. The van der Waals surface area contributed by atoms with Gasteiger partial charge in [-0.15, -0.1) is 0 Å². The summed E-state index contributed by atoms with van der Waals surface area (Å²) in [5.41, 5.74) is -1.53. The van der Waals surface area contributed by atoms with Gasteiger partial charge in [-0.25, -0.2) is 9.07 Å². The monoisotopic (exact) mass is 294 g/mol. The average molecular weight is 294 g/mol. The molecule has 1 saturated heterocycles. The van der Waals surface area contributed by atoms with Gasteiger partial charge in [-0.05, 0) is 19.3 Å². The second-order valence-corrected chi connectivity index (χ2v) is 5.14. The number of halogens is 4. The van der Waals surface area contributed by atoms with E-state index < -0.39 is 35.9 Å². The lowest BCUT2D eigenvalue weighted by atomic mass is 10.1. The summed E-state index contributed by atoms with van der Waals surface area (Å²) in [4.78, 5) is 0. The molecule has 0 aromatic carbocycles. The highest BCUT2D eigenvalue weighted by atomic mass is 19.4. The molecular weight excluding hydrogens is 280 g/mol. The first kappa shape index (κ1) is 13.8. The van der Waals surface area contributed by atoms with E-state index in [2.05, 4.69) is 5.10 Å². The SMILES string of the molecule is O[C@H]1c2c(C(F)(F)F)nn(C3CCCCO3)c2CC1F. The zero-order valence-electron chi connectivity index (χ0n) is 10.5. The van der Waals surface area contributed by atoms with Gasteiger partial charge in [-0.1, -0.05) is 0 Å². The highest BCUT2D eigenvalue weighted by Gasteiger charge is 2.47. The van der Waals surface area contributed by atoms with Gasteiger partial charge in [0.15, 0.2) is 5.69 Å². The van der Waals surface area contributed by atoms with Crippen LogP contribution in [-0.2, 0) is 17.3 Å². The first-order valence-corrected chi connectivity index (χ1v) is 6.52. The fourth-order valence-electron chi connectivity index (χ4n) is 2.84. The number of hydrogen-bond acceptors (Lipinski definition) is 3. The lowest BCUT2D eigenvalue weighted by molar-refractivity contribution is -0.144. The zero-order chi connectivity index (χ0) is 14.5. The third kappa shape index (κ3) is 2.10. The fourth-order valence-corrected chi connectivity index (χ4v) is 2.84. The predicted molar refractivity (Wildman–Crippen MR) is 59.6 cm³/mol. The molecule has 0 saturated carbocycles. The molecule has 1 aliphatic carbocycles. The molecule has 20 heavy (non-hydrogen) atoms. The van der Waals surface area contributed by atoms with Crippen LogP contribution in [0.15, 0.2) is 0 Å². The first-order valence-electron chi connectivity index (χ1n) is 6.52. The number of aliphatic hydroxyl groups is 1. The molecule has 3 atom stereocenters. The normalized spacial score (nSPS) is 30.6. The number of fused-ring (bicyclic) bond motifs is 1. The van der Waals surface area contributed by atoms with Gasteiger partial charge in [0, 0.05) is 18.6 Å².